The fraction of sp³-hybridized carbons (Fsp3) is 0.833. The van der Waals surface area contributed by atoms with Crippen LogP contribution >= 0.6 is 0 Å². The first-order valence-electron chi connectivity index (χ1n) is 5.60. The van der Waals surface area contributed by atoms with E-state index >= 15 is 0 Å². The van der Waals surface area contributed by atoms with Gasteiger partial charge in [-0.1, -0.05) is 11.6 Å². The number of likely N-dealkylation sites (tertiary alicyclic amines) is 1. The highest BCUT2D eigenvalue weighted by molar-refractivity contribution is 5.09. The molecule has 1 rings (SSSR count). The first-order valence-corrected chi connectivity index (χ1v) is 5.60. The molecule has 82 valence electrons. The monoisotopic (exact) mass is 196 g/mol. The van der Waals surface area contributed by atoms with Crippen LogP contribution in [0.15, 0.2) is 11.6 Å². The molecule has 0 aromatic rings. The topological polar surface area (TPSA) is 29.3 Å². The van der Waals surface area contributed by atoms with E-state index < -0.39 is 0 Å². The second-order valence-corrected chi connectivity index (χ2v) is 5.12. The minimum atomic E-state index is 0.105. The summed E-state index contributed by atoms with van der Waals surface area (Å²) in [5.74, 6) is 0. The van der Waals surface area contributed by atoms with Gasteiger partial charge in [-0.3, -0.25) is 4.90 Å². The second kappa shape index (κ2) is 4.45. The van der Waals surface area contributed by atoms with Gasteiger partial charge in [0.25, 0.3) is 0 Å². The van der Waals surface area contributed by atoms with Gasteiger partial charge in [0, 0.05) is 11.6 Å². The molecule has 0 bridgehead atoms. The van der Waals surface area contributed by atoms with Crippen LogP contribution in [0, 0.1) is 0 Å². The molecule has 0 aliphatic carbocycles. The van der Waals surface area contributed by atoms with E-state index in [1.165, 1.54) is 31.5 Å². The molecular weight excluding hydrogens is 172 g/mol. The lowest BCUT2D eigenvalue weighted by Crippen LogP contribution is -2.54. The van der Waals surface area contributed by atoms with Crippen LogP contribution in [0.1, 0.15) is 40.5 Å². The van der Waals surface area contributed by atoms with E-state index in [0.29, 0.717) is 0 Å². The largest absolute Gasteiger partial charge is 0.323 e. The normalized spacial score (nSPS) is 20.9. The van der Waals surface area contributed by atoms with Crippen LogP contribution in [-0.2, 0) is 0 Å². The molecule has 0 spiro atoms. The molecule has 1 fully saturated rings. The van der Waals surface area contributed by atoms with Crippen molar-refractivity contribution in [3.8, 4) is 0 Å². The first-order chi connectivity index (χ1) is 6.44. The summed E-state index contributed by atoms with van der Waals surface area (Å²) in [6, 6.07) is 0.144. The van der Waals surface area contributed by atoms with E-state index in [-0.39, 0.29) is 11.6 Å². The van der Waals surface area contributed by atoms with Crippen molar-refractivity contribution >= 4 is 0 Å². The van der Waals surface area contributed by atoms with Crippen LogP contribution in [0.3, 0.4) is 0 Å². The van der Waals surface area contributed by atoms with E-state index in [1.54, 1.807) is 0 Å². The number of hydrogen-bond acceptors (Lipinski definition) is 2. The summed E-state index contributed by atoms with van der Waals surface area (Å²) in [6.07, 6.45) is 4.83. The molecule has 14 heavy (non-hydrogen) atoms. The molecule has 0 amide bonds. The summed E-state index contributed by atoms with van der Waals surface area (Å²) in [5, 5.41) is 0. The van der Waals surface area contributed by atoms with Gasteiger partial charge in [-0.05, 0) is 53.6 Å². The maximum absolute atomic E-state index is 6.21. The van der Waals surface area contributed by atoms with Gasteiger partial charge in [-0.25, -0.2) is 0 Å². The van der Waals surface area contributed by atoms with Crippen molar-refractivity contribution in [3.63, 3.8) is 0 Å². The lowest BCUT2D eigenvalue weighted by molar-refractivity contribution is 0.140. The Balaban J connectivity index is 2.67. The number of allylic oxidation sites excluding steroid dienone is 1. The fourth-order valence-corrected chi connectivity index (χ4v) is 2.07. The zero-order valence-corrected chi connectivity index (χ0v) is 10.0. The molecule has 1 aliphatic rings. The van der Waals surface area contributed by atoms with Gasteiger partial charge in [0.1, 0.15) is 0 Å². The van der Waals surface area contributed by atoms with Gasteiger partial charge in [-0.2, -0.15) is 0 Å². The number of nitrogens with two attached hydrogens (primary N) is 1. The molecule has 2 heteroatoms. The second-order valence-electron chi connectivity index (χ2n) is 5.12. The maximum Gasteiger partial charge on any atom is 0.0408 e. The van der Waals surface area contributed by atoms with E-state index in [9.17, 15) is 0 Å². The Kier molecular flexibility index (Phi) is 3.73. The Hall–Kier alpha value is -0.340. The van der Waals surface area contributed by atoms with Gasteiger partial charge in [0.2, 0.25) is 0 Å². The van der Waals surface area contributed by atoms with Crippen molar-refractivity contribution in [3.05, 3.63) is 11.6 Å². The lowest BCUT2D eigenvalue weighted by Gasteiger charge is -2.39. The number of nitrogens with zero attached hydrogens (tertiary/aromatic N) is 1. The van der Waals surface area contributed by atoms with Crippen LogP contribution in [-0.4, -0.2) is 29.6 Å². The van der Waals surface area contributed by atoms with Crippen molar-refractivity contribution in [2.75, 3.05) is 13.1 Å². The Morgan fingerprint density at radius 3 is 2.21 bits per heavy atom. The molecule has 0 aromatic heterocycles. The lowest BCUT2D eigenvalue weighted by atomic mass is 9.92. The van der Waals surface area contributed by atoms with E-state index in [2.05, 4.69) is 38.7 Å². The zero-order chi connectivity index (χ0) is 10.8. The standard InChI is InChI=1S/C12H24N2/c1-10(2)9-11(13)12(3,4)14-7-5-6-8-14/h9,11H,5-8,13H2,1-4H3. The molecule has 1 heterocycles. The minimum Gasteiger partial charge on any atom is -0.323 e. The van der Waals surface area contributed by atoms with E-state index in [4.69, 9.17) is 5.73 Å². The van der Waals surface area contributed by atoms with Crippen molar-refractivity contribution in [2.45, 2.75) is 52.1 Å². The third-order valence-electron chi connectivity index (χ3n) is 3.25. The molecule has 0 aromatic carbocycles. The Morgan fingerprint density at radius 1 is 1.29 bits per heavy atom. The van der Waals surface area contributed by atoms with Crippen molar-refractivity contribution in [2.24, 2.45) is 5.73 Å². The summed E-state index contributed by atoms with van der Waals surface area (Å²) in [5.41, 5.74) is 7.63. The van der Waals surface area contributed by atoms with Crippen molar-refractivity contribution < 1.29 is 0 Å². The Morgan fingerprint density at radius 2 is 1.79 bits per heavy atom. The summed E-state index contributed by atoms with van der Waals surface area (Å²) in [6.45, 7) is 11.1. The quantitative estimate of drug-likeness (QED) is 0.701. The summed E-state index contributed by atoms with van der Waals surface area (Å²) >= 11 is 0. The highest BCUT2D eigenvalue weighted by atomic mass is 15.2. The van der Waals surface area contributed by atoms with E-state index in [1.807, 2.05) is 0 Å². The predicted octanol–water partition coefficient (Wildman–Crippen LogP) is 2.15. The van der Waals surface area contributed by atoms with Gasteiger partial charge in [-0.15, -0.1) is 0 Å². The highest BCUT2D eigenvalue weighted by Gasteiger charge is 2.33. The molecule has 1 saturated heterocycles. The van der Waals surface area contributed by atoms with Crippen LogP contribution in [0.5, 0.6) is 0 Å². The minimum absolute atomic E-state index is 0.105. The van der Waals surface area contributed by atoms with Crippen LogP contribution in [0.25, 0.3) is 0 Å². The maximum atomic E-state index is 6.21. The summed E-state index contributed by atoms with van der Waals surface area (Å²) in [4.78, 5) is 2.51. The SMILES string of the molecule is CC(C)=CC(N)C(C)(C)N1CCCC1. The zero-order valence-electron chi connectivity index (χ0n) is 10.0. The average molecular weight is 196 g/mol. The van der Waals surface area contributed by atoms with Gasteiger partial charge in [0.15, 0.2) is 0 Å². The molecular formula is C12H24N2. The average Bonchev–Trinajstić information content (AvgIpc) is 2.54. The van der Waals surface area contributed by atoms with Crippen molar-refractivity contribution in [1.82, 2.24) is 4.90 Å². The van der Waals surface area contributed by atoms with Gasteiger partial charge < -0.3 is 5.73 Å². The Labute approximate surface area is 88.2 Å². The number of hydrogen-bond donors (Lipinski definition) is 1. The van der Waals surface area contributed by atoms with Crippen molar-refractivity contribution in [1.29, 1.82) is 0 Å². The smallest absolute Gasteiger partial charge is 0.0408 e. The first kappa shape index (κ1) is 11.7. The van der Waals surface area contributed by atoms with Gasteiger partial charge in [0.05, 0.1) is 0 Å². The van der Waals surface area contributed by atoms with Crippen LogP contribution < -0.4 is 5.73 Å². The molecule has 1 aliphatic heterocycles. The molecule has 0 saturated carbocycles. The third kappa shape index (κ3) is 2.58. The number of rotatable bonds is 3. The van der Waals surface area contributed by atoms with Crippen LogP contribution in [0.2, 0.25) is 0 Å². The summed E-state index contributed by atoms with van der Waals surface area (Å²) < 4.78 is 0. The highest BCUT2D eigenvalue weighted by Crippen LogP contribution is 2.24. The molecule has 2 N–H and O–H groups in total. The molecule has 1 atom stereocenters. The predicted molar refractivity (Wildman–Crippen MR) is 62.3 cm³/mol. The molecule has 2 nitrogen and oxygen atoms in total. The summed E-state index contributed by atoms with van der Waals surface area (Å²) in [7, 11) is 0. The molecule has 0 radical (unpaired) electrons. The fourth-order valence-electron chi connectivity index (χ4n) is 2.07. The van der Waals surface area contributed by atoms with Crippen LogP contribution in [0.4, 0.5) is 0 Å². The third-order valence-corrected chi connectivity index (χ3v) is 3.25. The van der Waals surface area contributed by atoms with Gasteiger partial charge >= 0.3 is 0 Å². The Bertz CT molecular complexity index is 208. The molecule has 1 unspecified atom stereocenters. The van der Waals surface area contributed by atoms with E-state index in [0.717, 1.165) is 0 Å².